The second-order valence-corrected chi connectivity index (χ2v) is 11.7. The summed E-state index contributed by atoms with van der Waals surface area (Å²) in [6.45, 7) is 2.74. The lowest BCUT2D eigenvalue weighted by Gasteiger charge is -2.40. The number of allylic oxidation sites excluding steroid dienone is 2. The molecule has 224 valence electrons. The molecule has 9 heteroatoms. The maximum Gasteiger partial charge on any atom is 0.243 e. The van der Waals surface area contributed by atoms with Crippen LogP contribution in [0.25, 0.3) is 0 Å². The van der Waals surface area contributed by atoms with Gasteiger partial charge in [-0.25, -0.2) is 0 Å². The van der Waals surface area contributed by atoms with Crippen LogP contribution in [-0.2, 0) is 25.5 Å². The lowest BCUT2D eigenvalue weighted by Crippen LogP contribution is -2.58. The molecule has 0 unspecified atom stereocenters. The molecule has 0 saturated carbocycles. The zero-order chi connectivity index (χ0) is 29.4. The van der Waals surface area contributed by atoms with Gasteiger partial charge >= 0.3 is 0 Å². The average molecular weight is 575 g/mol. The number of rotatable bonds is 6. The number of nitrogens with one attached hydrogen (secondary N) is 3. The van der Waals surface area contributed by atoms with Crippen LogP contribution in [0.5, 0.6) is 5.75 Å². The summed E-state index contributed by atoms with van der Waals surface area (Å²) in [6, 6.07) is 16.4. The number of piperidine rings is 1. The van der Waals surface area contributed by atoms with E-state index in [1.54, 1.807) is 7.11 Å². The molecule has 2 aromatic rings. The largest absolute Gasteiger partial charge is 0.497 e. The van der Waals surface area contributed by atoms with Crippen LogP contribution in [0.15, 0.2) is 66.7 Å². The van der Waals surface area contributed by atoms with Crippen molar-refractivity contribution < 1.29 is 23.9 Å². The maximum absolute atomic E-state index is 13.8. The molecule has 0 aromatic heterocycles. The zero-order valence-electron chi connectivity index (χ0n) is 24.3. The quantitative estimate of drug-likeness (QED) is 0.457. The van der Waals surface area contributed by atoms with Gasteiger partial charge in [0.05, 0.1) is 19.1 Å². The van der Waals surface area contributed by atoms with Crippen LogP contribution in [0.3, 0.4) is 0 Å². The minimum absolute atomic E-state index is 0.0466. The molecule has 0 radical (unpaired) electrons. The van der Waals surface area contributed by atoms with Gasteiger partial charge in [-0.05, 0) is 67.9 Å². The van der Waals surface area contributed by atoms with Gasteiger partial charge in [-0.3, -0.25) is 19.3 Å². The molecular formula is C33H42N4O5. The van der Waals surface area contributed by atoms with E-state index in [9.17, 15) is 14.4 Å². The average Bonchev–Trinajstić information content (AvgIpc) is 3.01. The molecule has 2 saturated heterocycles. The molecule has 3 aliphatic rings. The summed E-state index contributed by atoms with van der Waals surface area (Å²) in [6.07, 6.45) is 8.08. The number of carbonyl (C=O) groups excluding carboxylic acids is 3. The lowest BCUT2D eigenvalue weighted by molar-refractivity contribution is -0.140. The van der Waals surface area contributed by atoms with Crippen molar-refractivity contribution in [2.45, 2.75) is 50.6 Å². The molecule has 9 nitrogen and oxygen atoms in total. The van der Waals surface area contributed by atoms with Gasteiger partial charge in [0.2, 0.25) is 17.7 Å². The number of benzene rings is 2. The Morgan fingerprint density at radius 3 is 2.55 bits per heavy atom. The van der Waals surface area contributed by atoms with Crippen LogP contribution < -0.4 is 20.7 Å². The fourth-order valence-electron chi connectivity index (χ4n) is 6.28. The second-order valence-electron chi connectivity index (χ2n) is 11.7. The number of hydrogen-bond donors (Lipinski definition) is 3. The number of hydrogen-bond acceptors (Lipinski definition) is 6. The minimum Gasteiger partial charge on any atom is -0.497 e. The summed E-state index contributed by atoms with van der Waals surface area (Å²) < 4.78 is 10.8. The third kappa shape index (κ3) is 7.57. The molecule has 3 aliphatic heterocycles. The molecule has 0 bridgehead atoms. The number of nitrogens with zero attached hydrogens (tertiary/aromatic N) is 1. The molecule has 3 heterocycles. The number of likely N-dealkylation sites (tertiary alicyclic amines) is 1. The van der Waals surface area contributed by atoms with E-state index in [2.05, 4.69) is 33.0 Å². The maximum atomic E-state index is 13.8. The Hall–Kier alpha value is -3.69. The number of carbonyl (C=O) groups is 3. The van der Waals surface area contributed by atoms with Gasteiger partial charge in [0.1, 0.15) is 11.8 Å². The Labute approximate surface area is 248 Å². The van der Waals surface area contributed by atoms with Gasteiger partial charge in [0.15, 0.2) is 0 Å². The summed E-state index contributed by atoms with van der Waals surface area (Å²) >= 11 is 0. The van der Waals surface area contributed by atoms with Crippen LogP contribution in [0.1, 0.15) is 37.7 Å². The van der Waals surface area contributed by atoms with E-state index in [1.807, 2.05) is 54.6 Å². The van der Waals surface area contributed by atoms with Crippen molar-refractivity contribution in [3.8, 4) is 5.75 Å². The van der Waals surface area contributed by atoms with Crippen molar-refractivity contribution in [2.75, 3.05) is 45.3 Å². The first-order valence-electron chi connectivity index (χ1n) is 15.0. The van der Waals surface area contributed by atoms with E-state index in [0.717, 1.165) is 29.8 Å². The van der Waals surface area contributed by atoms with E-state index in [4.69, 9.17) is 9.47 Å². The summed E-state index contributed by atoms with van der Waals surface area (Å²) in [5, 5.41) is 9.41. The second kappa shape index (κ2) is 14.0. The van der Waals surface area contributed by atoms with Crippen LogP contribution in [0.2, 0.25) is 0 Å². The number of methoxy groups -OCH3 is 1. The van der Waals surface area contributed by atoms with Gasteiger partial charge in [-0.1, -0.05) is 42.5 Å². The van der Waals surface area contributed by atoms with E-state index < -0.39 is 11.5 Å². The Morgan fingerprint density at radius 1 is 1.05 bits per heavy atom. The van der Waals surface area contributed by atoms with Crippen molar-refractivity contribution in [3.63, 3.8) is 0 Å². The number of fused-ring (bicyclic) bond motifs is 1. The van der Waals surface area contributed by atoms with E-state index in [0.29, 0.717) is 52.0 Å². The Balaban J connectivity index is 1.29. The summed E-state index contributed by atoms with van der Waals surface area (Å²) in [4.78, 5) is 42.5. The molecule has 1 spiro atoms. The first kappa shape index (κ1) is 29.8. The fraction of sp³-hybridized carbons (Fsp3) is 0.485. The molecule has 3 atom stereocenters. The van der Waals surface area contributed by atoms with Crippen LogP contribution in [0.4, 0.5) is 5.69 Å². The van der Waals surface area contributed by atoms with Crippen molar-refractivity contribution in [3.05, 3.63) is 72.3 Å². The van der Waals surface area contributed by atoms with Crippen LogP contribution in [0, 0.1) is 11.3 Å². The highest BCUT2D eigenvalue weighted by atomic mass is 16.5. The Bertz CT molecular complexity index is 1240. The summed E-state index contributed by atoms with van der Waals surface area (Å²) in [7, 11) is 1.61. The summed E-state index contributed by atoms with van der Waals surface area (Å²) in [5.74, 6) is 0.589. The summed E-state index contributed by atoms with van der Waals surface area (Å²) in [5.41, 5.74) is 1.14. The molecule has 3 amide bonds. The Morgan fingerprint density at radius 2 is 1.81 bits per heavy atom. The van der Waals surface area contributed by atoms with Crippen molar-refractivity contribution >= 4 is 23.4 Å². The van der Waals surface area contributed by atoms with Crippen molar-refractivity contribution in [1.82, 2.24) is 15.5 Å². The van der Waals surface area contributed by atoms with Gasteiger partial charge < -0.3 is 25.4 Å². The van der Waals surface area contributed by atoms with Gasteiger partial charge in [-0.15, -0.1) is 0 Å². The molecule has 2 fully saturated rings. The van der Waals surface area contributed by atoms with Crippen molar-refractivity contribution in [2.24, 2.45) is 11.3 Å². The molecular weight excluding hydrogens is 532 g/mol. The highest BCUT2D eigenvalue weighted by Crippen LogP contribution is 2.36. The van der Waals surface area contributed by atoms with E-state index in [1.165, 1.54) is 0 Å². The normalized spacial score (nSPS) is 25.6. The molecule has 5 rings (SSSR count). The van der Waals surface area contributed by atoms with E-state index >= 15 is 0 Å². The SMILES string of the molecule is COc1ccc(NC(=O)CN2CC[C@@H]3NC(=O)[C@H](Cc4ccccc4)NC(=O)C4(C/C=C/C[C@@H]3C2)CCOCC4)cc1. The minimum atomic E-state index is -0.669. The predicted octanol–water partition coefficient (Wildman–Crippen LogP) is 3.31. The third-order valence-electron chi connectivity index (χ3n) is 8.84. The number of amides is 3. The third-order valence-corrected chi connectivity index (χ3v) is 8.84. The smallest absolute Gasteiger partial charge is 0.243 e. The molecule has 2 aromatic carbocycles. The highest BCUT2D eigenvalue weighted by Gasteiger charge is 2.41. The van der Waals surface area contributed by atoms with Crippen LogP contribution in [-0.4, -0.2) is 74.7 Å². The number of ether oxygens (including phenoxy) is 2. The highest BCUT2D eigenvalue weighted by molar-refractivity contribution is 5.92. The van der Waals surface area contributed by atoms with Crippen LogP contribution >= 0.6 is 0 Å². The topological polar surface area (TPSA) is 109 Å². The first-order valence-corrected chi connectivity index (χ1v) is 15.0. The molecule has 42 heavy (non-hydrogen) atoms. The molecule has 0 aliphatic carbocycles. The lowest BCUT2D eigenvalue weighted by atomic mass is 9.75. The molecule has 3 N–H and O–H groups in total. The van der Waals surface area contributed by atoms with Gasteiger partial charge in [-0.2, -0.15) is 0 Å². The predicted molar refractivity (Wildman–Crippen MR) is 161 cm³/mol. The monoisotopic (exact) mass is 574 g/mol. The first-order chi connectivity index (χ1) is 20.4. The Kier molecular flexibility index (Phi) is 9.92. The number of anilines is 1. The zero-order valence-corrected chi connectivity index (χ0v) is 24.3. The fourth-order valence-corrected chi connectivity index (χ4v) is 6.28. The standard InChI is InChI=1S/C33H42N4O5/c1-41-27-12-10-26(11-13-27)34-30(38)23-37-18-14-28-25(22-37)9-5-6-15-33(16-19-42-20-17-33)32(40)36-29(31(39)35-28)21-24-7-3-2-4-8-24/h2-8,10-13,25,28-29H,9,14-23H2,1H3,(H,34,38)(H,35,39)(H,36,40)/b6-5+/t25-,28+,29+/m1/s1. The van der Waals surface area contributed by atoms with Crippen molar-refractivity contribution in [1.29, 1.82) is 0 Å². The van der Waals surface area contributed by atoms with E-state index in [-0.39, 0.29) is 36.2 Å². The van der Waals surface area contributed by atoms with Gasteiger partial charge in [0.25, 0.3) is 0 Å². The van der Waals surface area contributed by atoms with Gasteiger partial charge in [0, 0.05) is 44.5 Å².